The third kappa shape index (κ3) is 5.28. The lowest BCUT2D eigenvalue weighted by atomic mass is 10.2. The van der Waals surface area contributed by atoms with Crippen LogP contribution in [0.5, 0.6) is 0 Å². The van der Waals surface area contributed by atoms with Gasteiger partial charge in [0.2, 0.25) is 5.91 Å². The fourth-order valence-electron chi connectivity index (χ4n) is 2.93. The van der Waals surface area contributed by atoms with Crippen LogP contribution in [-0.4, -0.2) is 34.1 Å². The topological polar surface area (TPSA) is 93.8 Å². The Morgan fingerprint density at radius 2 is 1.87 bits per heavy atom. The summed E-state index contributed by atoms with van der Waals surface area (Å²) in [6.45, 7) is 5.58. The first-order chi connectivity index (χ1) is 14.1. The zero-order chi connectivity index (χ0) is 21.9. The lowest BCUT2D eigenvalue weighted by Crippen LogP contribution is -2.33. The molecule has 0 unspecified atom stereocenters. The van der Waals surface area contributed by atoms with Crippen LogP contribution in [0.4, 0.5) is 10.5 Å². The van der Waals surface area contributed by atoms with Gasteiger partial charge in [0, 0.05) is 19.3 Å². The summed E-state index contributed by atoms with van der Waals surface area (Å²) in [5.41, 5.74) is 1.81. The maximum atomic E-state index is 12.5. The Kier molecular flexibility index (Phi) is 5.96. The van der Waals surface area contributed by atoms with E-state index in [9.17, 15) is 14.4 Å². The van der Waals surface area contributed by atoms with E-state index in [4.69, 9.17) is 9.15 Å². The van der Waals surface area contributed by atoms with Crippen molar-refractivity contribution in [3.05, 3.63) is 64.6 Å². The molecule has 3 aromatic rings. The average Bonchev–Trinajstić information content (AvgIpc) is 2.96. The first-order valence-corrected chi connectivity index (χ1v) is 9.54. The molecular weight excluding hydrogens is 386 g/mol. The highest BCUT2D eigenvalue weighted by Gasteiger charge is 2.20. The Morgan fingerprint density at radius 3 is 2.60 bits per heavy atom. The number of nitrogens with one attached hydrogen (secondary N) is 1. The van der Waals surface area contributed by atoms with Crippen molar-refractivity contribution in [2.45, 2.75) is 39.5 Å². The molecule has 158 valence electrons. The molecule has 0 atom stereocenters. The second-order valence-corrected chi connectivity index (χ2v) is 8.01. The van der Waals surface area contributed by atoms with Gasteiger partial charge in [-0.05, 0) is 50.6 Å². The summed E-state index contributed by atoms with van der Waals surface area (Å²) in [6, 6.07) is 14.1. The van der Waals surface area contributed by atoms with Crippen molar-refractivity contribution < 1.29 is 18.7 Å². The molecule has 8 nitrogen and oxygen atoms in total. The number of benzene rings is 2. The molecule has 30 heavy (non-hydrogen) atoms. The van der Waals surface area contributed by atoms with Crippen molar-refractivity contribution in [1.29, 1.82) is 0 Å². The van der Waals surface area contributed by atoms with Gasteiger partial charge in [-0.15, -0.1) is 0 Å². The van der Waals surface area contributed by atoms with Crippen molar-refractivity contribution >= 4 is 28.8 Å². The van der Waals surface area contributed by atoms with Gasteiger partial charge in [-0.2, -0.15) is 0 Å². The Bertz CT molecular complexity index is 1120. The maximum Gasteiger partial charge on any atom is 0.420 e. The monoisotopic (exact) mass is 411 g/mol. The van der Waals surface area contributed by atoms with Crippen LogP contribution < -0.4 is 11.1 Å². The minimum Gasteiger partial charge on any atom is -0.444 e. The van der Waals surface area contributed by atoms with Gasteiger partial charge in [0.25, 0.3) is 0 Å². The summed E-state index contributed by atoms with van der Waals surface area (Å²) in [4.78, 5) is 38.1. The summed E-state index contributed by atoms with van der Waals surface area (Å²) in [5, 5.41) is 2.78. The zero-order valence-corrected chi connectivity index (χ0v) is 17.5. The number of fused-ring (bicyclic) bond motifs is 1. The number of aromatic nitrogens is 1. The molecule has 1 heterocycles. The molecule has 1 aromatic heterocycles. The number of anilines is 1. The predicted octanol–water partition coefficient (Wildman–Crippen LogP) is 3.60. The van der Waals surface area contributed by atoms with Crippen molar-refractivity contribution in [1.82, 2.24) is 9.47 Å². The minimum absolute atomic E-state index is 0.169. The summed E-state index contributed by atoms with van der Waals surface area (Å²) < 4.78 is 11.8. The molecule has 0 fully saturated rings. The second kappa shape index (κ2) is 8.44. The predicted molar refractivity (Wildman–Crippen MR) is 113 cm³/mol. The quantitative estimate of drug-likeness (QED) is 0.692. The van der Waals surface area contributed by atoms with Gasteiger partial charge in [-0.3, -0.25) is 9.36 Å². The van der Waals surface area contributed by atoms with Crippen LogP contribution in [0.2, 0.25) is 0 Å². The highest BCUT2D eigenvalue weighted by atomic mass is 16.6. The first kappa shape index (κ1) is 21.2. The molecule has 0 saturated heterocycles. The number of carbonyl (C=O) groups is 2. The molecular formula is C22H25N3O5. The fraction of sp³-hybridized carbons (Fsp3) is 0.318. The maximum absolute atomic E-state index is 12.5. The molecule has 0 radical (unpaired) electrons. The van der Waals surface area contributed by atoms with Crippen LogP contribution in [0.3, 0.4) is 0 Å². The fourth-order valence-corrected chi connectivity index (χ4v) is 2.93. The van der Waals surface area contributed by atoms with E-state index in [1.54, 1.807) is 49.5 Å². The first-order valence-electron chi connectivity index (χ1n) is 9.54. The largest absolute Gasteiger partial charge is 0.444 e. The Hall–Kier alpha value is -3.55. The number of ether oxygens (including phenoxy) is 1. The highest BCUT2D eigenvalue weighted by Crippen LogP contribution is 2.16. The number of oxazole rings is 1. The standard InChI is InChI=1S/C22H25N3O5/c1-22(2,3)30-20(27)24(4)13-15-8-7-9-16(12-15)23-19(26)14-25-17-10-5-6-11-18(17)29-21(25)28/h5-12H,13-14H2,1-4H3,(H,23,26). The van der Waals surface area contributed by atoms with Crippen LogP contribution in [0, 0.1) is 0 Å². The van der Waals surface area contributed by atoms with Crippen molar-refractivity contribution in [3.8, 4) is 0 Å². The highest BCUT2D eigenvalue weighted by molar-refractivity contribution is 5.91. The minimum atomic E-state index is -0.584. The lowest BCUT2D eigenvalue weighted by molar-refractivity contribution is -0.116. The van der Waals surface area contributed by atoms with Crippen LogP contribution in [0.15, 0.2) is 57.7 Å². The number of carbonyl (C=O) groups excluding carboxylic acids is 2. The van der Waals surface area contributed by atoms with E-state index in [1.807, 2.05) is 26.8 Å². The molecule has 8 heteroatoms. The Labute approximate surface area is 174 Å². The molecule has 0 bridgehead atoms. The third-order valence-electron chi connectivity index (χ3n) is 4.21. The smallest absolute Gasteiger partial charge is 0.420 e. The van der Waals surface area contributed by atoms with E-state index >= 15 is 0 Å². The molecule has 0 aliphatic heterocycles. The Balaban J connectivity index is 1.66. The van der Waals surface area contributed by atoms with Gasteiger partial charge >= 0.3 is 11.8 Å². The van der Waals surface area contributed by atoms with E-state index in [0.29, 0.717) is 23.3 Å². The molecule has 0 aliphatic carbocycles. The summed E-state index contributed by atoms with van der Waals surface area (Å²) in [7, 11) is 1.65. The van der Waals surface area contributed by atoms with Gasteiger partial charge < -0.3 is 19.4 Å². The molecule has 1 N–H and O–H groups in total. The molecule has 2 amide bonds. The SMILES string of the molecule is CN(Cc1cccc(NC(=O)Cn2c(=O)oc3ccccc32)c1)C(=O)OC(C)(C)C. The van der Waals surface area contributed by atoms with E-state index in [-0.39, 0.29) is 12.5 Å². The van der Waals surface area contributed by atoms with Crippen molar-refractivity contribution in [2.75, 3.05) is 12.4 Å². The number of rotatable bonds is 5. The van der Waals surface area contributed by atoms with E-state index < -0.39 is 17.5 Å². The second-order valence-electron chi connectivity index (χ2n) is 8.01. The van der Waals surface area contributed by atoms with E-state index in [2.05, 4.69) is 5.32 Å². The van der Waals surface area contributed by atoms with E-state index in [1.165, 1.54) is 9.47 Å². The Morgan fingerprint density at radius 1 is 1.13 bits per heavy atom. The molecule has 0 aliphatic rings. The van der Waals surface area contributed by atoms with E-state index in [0.717, 1.165) is 5.56 Å². The normalized spacial score (nSPS) is 11.3. The number of nitrogens with zero attached hydrogens (tertiary/aromatic N) is 2. The lowest BCUT2D eigenvalue weighted by Gasteiger charge is -2.24. The van der Waals surface area contributed by atoms with Gasteiger partial charge in [0.05, 0.1) is 5.52 Å². The summed E-state index contributed by atoms with van der Waals surface area (Å²) in [5.74, 6) is -0.944. The van der Waals surface area contributed by atoms with Crippen LogP contribution in [-0.2, 0) is 22.6 Å². The molecule has 2 aromatic carbocycles. The summed E-state index contributed by atoms with van der Waals surface area (Å²) in [6.07, 6.45) is -0.428. The zero-order valence-electron chi connectivity index (χ0n) is 17.5. The number of amides is 2. The third-order valence-corrected chi connectivity index (χ3v) is 4.21. The van der Waals surface area contributed by atoms with Gasteiger partial charge in [0.15, 0.2) is 5.58 Å². The number of hydrogen-bond donors (Lipinski definition) is 1. The van der Waals surface area contributed by atoms with Gasteiger partial charge in [-0.1, -0.05) is 24.3 Å². The van der Waals surface area contributed by atoms with Crippen molar-refractivity contribution in [2.24, 2.45) is 0 Å². The van der Waals surface area contributed by atoms with Crippen molar-refractivity contribution in [3.63, 3.8) is 0 Å². The number of para-hydroxylation sites is 2. The average molecular weight is 411 g/mol. The van der Waals surface area contributed by atoms with Crippen LogP contribution in [0.25, 0.3) is 11.1 Å². The molecule has 0 spiro atoms. The van der Waals surface area contributed by atoms with Crippen LogP contribution in [0.1, 0.15) is 26.3 Å². The van der Waals surface area contributed by atoms with Crippen LogP contribution >= 0.6 is 0 Å². The molecule has 3 rings (SSSR count). The van der Waals surface area contributed by atoms with Gasteiger partial charge in [-0.25, -0.2) is 9.59 Å². The molecule has 0 saturated carbocycles. The van der Waals surface area contributed by atoms with Gasteiger partial charge in [0.1, 0.15) is 12.1 Å². The number of hydrogen-bond acceptors (Lipinski definition) is 5. The summed E-state index contributed by atoms with van der Waals surface area (Å²) >= 11 is 0.